The fourth-order valence-corrected chi connectivity index (χ4v) is 2.55. The van der Waals surface area contributed by atoms with Crippen molar-refractivity contribution in [1.29, 1.82) is 10.5 Å². The second-order valence-corrected chi connectivity index (χ2v) is 6.15. The van der Waals surface area contributed by atoms with Gasteiger partial charge in [-0.3, -0.25) is 0 Å². The molecule has 2 atom stereocenters. The molecule has 98 valence electrons. The van der Waals surface area contributed by atoms with Crippen LogP contribution in [-0.4, -0.2) is 0 Å². The van der Waals surface area contributed by atoms with Crippen molar-refractivity contribution in [3.63, 3.8) is 0 Å². The zero-order chi connectivity index (χ0) is 14.5. The lowest BCUT2D eigenvalue weighted by atomic mass is 9.83. The van der Waals surface area contributed by atoms with Crippen LogP contribution in [0.4, 0.5) is 0 Å². The molecule has 0 aliphatic carbocycles. The molecule has 0 spiro atoms. The number of hydrogen-bond acceptors (Lipinski definition) is 2. The van der Waals surface area contributed by atoms with E-state index in [-0.39, 0.29) is 0 Å². The average molecular weight is 390 g/mol. The van der Waals surface area contributed by atoms with Gasteiger partial charge in [0, 0.05) is 8.95 Å². The summed E-state index contributed by atoms with van der Waals surface area (Å²) in [7, 11) is 0. The van der Waals surface area contributed by atoms with E-state index in [2.05, 4.69) is 44.0 Å². The highest BCUT2D eigenvalue weighted by molar-refractivity contribution is 9.10. The summed E-state index contributed by atoms with van der Waals surface area (Å²) in [6, 6.07) is 19.5. The molecule has 0 amide bonds. The lowest BCUT2D eigenvalue weighted by Gasteiger charge is -2.16. The van der Waals surface area contributed by atoms with E-state index in [4.69, 9.17) is 0 Å². The quantitative estimate of drug-likeness (QED) is 0.730. The van der Waals surface area contributed by atoms with Gasteiger partial charge in [-0.1, -0.05) is 56.1 Å². The summed E-state index contributed by atoms with van der Waals surface area (Å²) in [5, 5.41) is 18.9. The van der Waals surface area contributed by atoms with Crippen molar-refractivity contribution in [2.75, 3.05) is 0 Å². The minimum Gasteiger partial charge on any atom is -0.198 e. The molecule has 4 heteroatoms. The van der Waals surface area contributed by atoms with Gasteiger partial charge in [0.25, 0.3) is 0 Å². The summed E-state index contributed by atoms with van der Waals surface area (Å²) in [4.78, 5) is 0. The average Bonchev–Trinajstić information content (AvgIpc) is 2.47. The summed E-state index contributed by atoms with van der Waals surface area (Å²) in [5.41, 5.74) is 1.70. The number of hydrogen-bond donors (Lipinski definition) is 0. The van der Waals surface area contributed by atoms with Gasteiger partial charge < -0.3 is 0 Å². The van der Waals surface area contributed by atoms with Crippen LogP contribution >= 0.6 is 31.9 Å². The summed E-state index contributed by atoms with van der Waals surface area (Å²) in [6.45, 7) is 0. The highest BCUT2D eigenvalue weighted by Crippen LogP contribution is 2.33. The van der Waals surface area contributed by atoms with Crippen LogP contribution in [0.3, 0.4) is 0 Å². The Morgan fingerprint density at radius 3 is 1.20 bits per heavy atom. The van der Waals surface area contributed by atoms with E-state index in [1.165, 1.54) is 0 Å². The Morgan fingerprint density at radius 1 is 0.650 bits per heavy atom. The highest BCUT2D eigenvalue weighted by atomic mass is 79.9. The monoisotopic (exact) mass is 388 g/mol. The molecule has 0 radical (unpaired) electrons. The van der Waals surface area contributed by atoms with Gasteiger partial charge in [-0.05, 0) is 35.4 Å². The SMILES string of the molecule is N#CC(c1ccc(Br)cc1)C(C#N)c1ccc(Br)cc1. The molecule has 0 fully saturated rings. The highest BCUT2D eigenvalue weighted by Gasteiger charge is 2.24. The molecule has 2 unspecified atom stereocenters. The molecular formula is C16H10Br2N2. The summed E-state index contributed by atoms with van der Waals surface area (Å²) in [5.74, 6) is -0.955. The normalized spacial score (nSPS) is 13.0. The first kappa shape index (κ1) is 14.8. The van der Waals surface area contributed by atoms with Crippen LogP contribution in [0.15, 0.2) is 57.5 Å². The van der Waals surface area contributed by atoms with Crippen molar-refractivity contribution in [2.45, 2.75) is 11.8 Å². The van der Waals surface area contributed by atoms with E-state index in [1.54, 1.807) is 0 Å². The molecule has 0 N–H and O–H groups in total. The molecule has 2 rings (SSSR count). The maximum Gasteiger partial charge on any atom is 0.0911 e. The van der Waals surface area contributed by atoms with Gasteiger partial charge in [-0.15, -0.1) is 0 Å². The van der Waals surface area contributed by atoms with Gasteiger partial charge >= 0.3 is 0 Å². The van der Waals surface area contributed by atoms with Gasteiger partial charge in [-0.25, -0.2) is 0 Å². The Kier molecular flexibility index (Phi) is 4.95. The third kappa shape index (κ3) is 3.28. The third-order valence-corrected chi connectivity index (χ3v) is 4.13. The first-order valence-corrected chi connectivity index (χ1v) is 7.54. The Hall–Kier alpha value is -1.62. The van der Waals surface area contributed by atoms with Crippen LogP contribution in [0.25, 0.3) is 0 Å². The van der Waals surface area contributed by atoms with Crippen molar-refractivity contribution >= 4 is 31.9 Å². The molecule has 2 nitrogen and oxygen atoms in total. The van der Waals surface area contributed by atoms with E-state index in [9.17, 15) is 10.5 Å². The van der Waals surface area contributed by atoms with Crippen LogP contribution < -0.4 is 0 Å². The zero-order valence-corrected chi connectivity index (χ0v) is 13.6. The van der Waals surface area contributed by atoms with E-state index >= 15 is 0 Å². The Labute approximate surface area is 134 Å². The van der Waals surface area contributed by atoms with E-state index in [0.29, 0.717) is 0 Å². The lowest BCUT2D eigenvalue weighted by Crippen LogP contribution is -2.08. The maximum atomic E-state index is 9.44. The Morgan fingerprint density at radius 2 is 0.950 bits per heavy atom. The van der Waals surface area contributed by atoms with Gasteiger partial charge in [0.05, 0.1) is 24.0 Å². The second-order valence-electron chi connectivity index (χ2n) is 4.32. The van der Waals surface area contributed by atoms with Gasteiger partial charge in [0.15, 0.2) is 0 Å². The predicted molar refractivity (Wildman–Crippen MR) is 85.0 cm³/mol. The van der Waals surface area contributed by atoms with Gasteiger partial charge in [0.2, 0.25) is 0 Å². The standard InChI is InChI=1S/C16H10Br2N2/c17-13-5-1-11(2-6-13)15(9-19)16(10-20)12-3-7-14(18)8-4-12/h1-8,15-16H. The minimum absolute atomic E-state index is 0.478. The van der Waals surface area contributed by atoms with Crippen LogP contribution in [-0.2, 0) is 0 Å². The van der Waals surface area contributed by atoms with Crippen molar-refractivity contribution in [3.05, 3.63) is 68.6 Å². The number of benzene rings is 2. The molecule has 2 aromatic carbocycles. The molecular weight excluding hydrogens is 380 g/mol. The van der Waals surface area contributed by atoms with Gasteiger partial charge in [-0.2, -0.15) is 10.5 Å². The molecule has 0 aliphatic rings. The predicted octanol–water partition coefficient (Wildman–Crippen LogP) is 5.13. The molecule has 2 aromatic rings. The van der Waals surface area contributed by atoms with E-state index in [0.717, 1.165) is 20.1 Å². The summed E-state index contributed by atoms with van der Waals surface area (Å²) in [6.07, 6.45) is 0. The molecule has 0 heterocycles. The smallest absolute Gasteiger partial charge is 0.0911 e. The Balaban J connectivity index is 2.38. The molecule has 0 bridgehead atoms. The topological polar surface area (TPSA) is 47.6 Å². The maximum absolute atomic E-state index is 9.44. The summed E-state index contributed by atoms with van der Waals surface area (Å²) >= 11 is 6.74. The van der Waals surface area contributed by atoms with Crippen LogP contribution in [0.2, 0.25) is 0 Å². The van der Waals surface area contributed by atoms with Crippen molar-refractivity contribution < 1.29 is 0 Å². The number of nitriles is 2. The minimum atomic E-state index is -0.478. The first-order valence-electron chi connectivity index (χ1n) is 5.96. The summed E-state index contributed by atoms with van der Waals surface area (Å²) < 4.78 is 1.91. The van der Waals surface area contributed by atoms with Crippen LogP contribution in [0.1, 0.15) is 23.0 Å². The van der Waals surface area contributed by atoms with Crippen molar-refractivity contribution in [3.8, 4) is 12.1 Å². The van der Waals surface area contributed by atoms with E-state index < -0.39 is 11.8 Å². The van der Waals surface area contributed by atoms with Crippen LogP contribution in [0, 0.1) is 22.7 Å². The largest absolute Gasteiger partial charge is 0.198 e. The second kappa shape index (κ2) is 6.70. The number of halogens is 2. The fourth-order valence-electron chi connectivity index (χ4n) is 2.02. The van der Waals surface area contributed by atoms with Crippen molar-refractivity contribution in [2.24, 2.45) is 0 Å². The molecule has 0 aliphatic heterocycles. The number of nitrogens with zero attached hydrogens (tertiary/aromatic N) is 2. The third-order valence-electron chi connectivity index (χ3n) is 3.07. The zero-order valence-electron chi connectivity index (χ0n) is 10.4. The fraction of sp³-hybridized carbons (Fsp3) is 0.125. The molecule has 0 saturated heterocycles. The van der Waals surface area contributed by atoms with Crippen molar-refractivity contribution in [1.82, 2.24) is 0 Å². The van der Waals surface area contributed by atoms with Crippen LogP contribution in [0.5, 0.6) is 0 Å². The van der Waals surface area contributed by atoms with Gasteiger partial charge in [0.1, 0.15) is 0 Å². The molecule has 0 saturated carbocycles. The number of rotatable bonds is 3. The first-order chi connectivity index (χ1) is 9.65. The molecule has 0 aromatic heterocycles. The molecule has 20 heavy (non-hydrogen) atoms. The van der Waals surface area contributed by atoms with E-state index in [1.807, 2.05) is 48.5 Å². The Bertz CT molecular complexity index is 602. The lowest BCUT2D eigenvalue weighted by molar-refractivity contribution is 0.761.